The first-order valence-electron chi connectivity index (χ1n) is 10.4. The third kappa shape index (κ3) is 3.53. The molecule has 2 fully saturated rings. The summed E-state index contributed by atoms with van der Waals surface area (Å²) >= 11 is 0.983. The number of rotatable bonds is 6. The number of hydrogen-bond acceptors (Lipinski definition) is 7. The van der Waals surface area contributed by atoms with Crippen LogP contribution < -0.4 is 5.32 Å². The summed E-state index contributed by atoms with van der Waals surface area (Å²) in [6.45, 7) is 9.34. The molecule has 1 aromatic heterocycles. The summed E-state index contributed by atoms with van der Waals surface area (Å²) in [7, 11) is 0. The van der Waals surface area contributed by atoms with E-state index in [9.17, 15) is 24.4 Å². The number of esters is 1. The first-order valence-corrected chi connectivity index (χ1v) is 11.2. The summed E-state index contributed by atoms with van der Waals surface area (Å²) in [5.74, 6) is -1.64. The van der Waals surface area contributed by atoms with E-state index in [-0.39, 0.29) is 52.7 Å². The van der Waals surface area contributed by atoms with E-state index in [1.807, 2.05) is 26.8 Å². The first-order chi connectivity index (χ1) is 14.5. The Morgan fingerprint density at radius 3 is 2.61 bits per heavy atom. The molecule has 3 rings (SSSR count). The number of imide groups is 1. The van der Waals surface area contributed by atoms with Crippen molar-refractivity contribution in [3.05, 3.63) is 16.0 Å². The number of anilines is 1. The lowest BCUT2D eigenvalue weighted by Crippen LogP contribution is -2.59. The van der Waals surface area contributed by atoms with Crippen LogP contribution in [0.1, 0.15) is 67.8 Å². The van der Waals surface area contributed by atoms with E-state index in [1.54, 1.807) is 13.8 Å². The maximum Gasteiger partial charge on any atom is 0.348 e. The number of likely N-dealkylation sites (tertiary alicyclic amines) is 1. The Bertz CT molecular complexity index is 1010. The van der Waals surface area contributed by atoms with Gasteiger partial charge in [0.05, 0.1) is 17.6 Å². The Kier molecular flexibility index (Phi) is 5.98. The zero-order valence-electron chi connectivity index (χ0n) is 18.5. The molecular formula is C22H27N3O5S. The fourth-order valence-corrected chi connectivity index (χ4v) is 5.71. The molecule has 0 aromatic carbocycles. The lowest BCUT2D eigenvalue weighted by Gasteiger charge is -2.47. The van der Waals surface area contributed by atoms with E-state index >= 15 is 0 Å². The molecule has 166 valence electrons. The van der Waals surface area contributed by atoms with Crippen molar-refractivity contribution in [3.63, 3.8) is 0 Å². The highest BCUT2D eigenvalue weighted by atomic mass is 32.1. The van der Waals surface area contributed by atoms with Gasteiger partial charge in [0, 0.05) is 18.9 Å². The van der Waals surface area contributed by atoms with Crippen LogP contribution in [0.3, 0.4) is 0 Å². The second-order valence-electron chi connectivity index (χ2n) is 8.83. The van der Waals surface area contributed by atoms with Crippen LogP contribution in [0.25, 0.3) is 0 Å². The highest BCUT2D eigenvalue weighted by molar-refractivity contribution is 7.18. The van der Waals surface area contributed by atoms with Crippen molar-refractivity contribution in [2.24, 2.45) is 16.7 Å². The summed E-state index contributed by atoms with van der Waals surface area (Å²) in [4.78, 5) is 52.1. The fourth-order valence-electron chi connectivity index (χ4n) is 4.64. The van der Waals surface area contributed by atoms with Crippen molar-refractivity contribution in [1.82, 2.24) is 4.90 Å². The van der Waals surface area contributed by atoms with Crippen molar-refractivity contribution in [1.29, 1.82) is 5.26 Å². The molecule has 31 heavy (non-hydrogen) atoms. The zero-order chi connectivity index (χ0) is 23.1. The van der Waals surface area contributed by atoms with Gasteiger partial charge in [-0.05, 0) is 37.7 Å². The second-order valence-corrected chi connectivity index (χ2v) is 9.85. The molecule has 1 saturated heterocycles. The van der Waals surface area contributed by atoms with E-state index in [2.05, 4.69) is 5.32 Å². The summed E-state index contributed by atoms with van der Waals surface area (Å²) in [6, 6.07) is 2.01. The van der Waals surface area contributed by atoms with Crippen LogP contribution in [0.2, 0.25) is 0 Å². The van der Waals surface area contributed by atoms with Gasteiger partial charge in [-0.3, -0.25) is 19.3 Å². The topological polar surface area (TPSA) is 117 Å². The van der Waals surface area contributed by atoms with Gasteiger partial charge < -0.3 is 10.1 Å². The van der Waals surface area contributed by atoms with Gasteiger partial charge in [0.2, 0.25) is 17.7 Å². The van der Waals surface area contributed by atoms with Crippen molar-refractivity contribution < 1.29 is 23.9 Å². The molecule has 1 N–H and O–H groups in total. The van der Waals surface area contributed by atoms with Gasteiger partial charge in [-0.1, -0.05) is 20.8 Å². The van der Waals surface area contributed by atoms with Crippen LogP contribution in [-0.2, 0) is 19.1 Å². The molecule has 2 atom stereocenters. The molecule has 1 aliphatic heterocycles. The van der Waals surface area contributed by atoms with Crippen LogP contribution in [0.4, 0.5) is 5.00 Å². The minimum absolute atomic E-state index is 0.0113. The standard InChI is InChI=1S/C22H27N3O5S/c1-6-30-19(28)16-12(2)13(11-23)17(31-16)24-15(26)8-10-25-18(27)14-7-9-22(5,20(25)29)21(14,3)4/h14H,6-10H2,1-5H3,(H,24,26). The predicted octanol–water partition coefficient (Wildman–Crippen LogP) is 3.24. The van der Waals surface area contributed by atoms with E-state index in [4.69, 9.17) is 4.74 Å². The molecule has 0 spiro atoms. The molecule has 3 amide bonds. The lowest BCUT2D eigenvalue weighted by molar-refractivity contribution is -0.167. The molecule has 2 unspecified atom stereocenters. The number of nitrogens with one attached hydrogen (secondary N) is 1. The minimum Gasteiger partial charge on any atom is -0.462 e. The third-order valence-electron chi connectivity index (χ3n) is 7.04. The van der Waals surface area contributed by atoms with Gasteiger partial charge >= 0.3 is 5.97 Å². The normalized spacial score (nSPS) is 24.1. The van der Waals surface area contributed by atoms with E-state index in [1.165, 1.54) is 4.90 Å². The van der Waals surface area contributed by atoms with Crippen LogP contribution in [0.15, 0.2) is 0 Å². The molecule has 0 radical (unpaired) electrons. The average Bonchev–Trinajstić information content (AvgIpc) is 3.10. The van der Waals surface area contributed by atoms with Crippen LogP contribution in [-0.4, -0.2) is 41.7 Å². The Labute approximate surface area is 185 Å². The number of hydrogen-bond donors (Lipinski definition) is 1. The van der Waals surface area contributed by atoms with E-state index in [0.717, 1.165) is 11.3 Å². The van der Waals surface area contributed by atoms with Crippen molar-refractivity contribution >= 4 is 40.0 Å². The molecule has 1 saturated carbocycles. The zero-order valence-corrected chi connectivity index (χ0v) is 19.3. The summed E-state index contributed by atoms with van der Waals surface area (Å²) < 4.78 is 5.00. The van der Waals surface area contributed by atoms with Crippen LogP contribution >= 0.6 is 11.3 Å². The molecule has 9 heteroatoms. The lowest BCUT2D eigenvalue weighted by atomic mass is 9.62. The first kappa shape index (κ1) is 22.9. The van der Waals surface area contributed by atoms with Crippen molar-refractivity contribution in [2.75, 3.05) is 18.5 Å². The Balaban J connectivity index is 1.71. The van der Waals surface area contributed by atoms with Crippen LogP contribution in [0, 0.1) is 35.0 Å². The second kappa shape index (κ2) is 8.08. The van der Waals surface area contributed by atoms with Crippen LogP contribution in [0.5, 0.6) is 0 Å². The number of nitriles is 1. The van der Waals surface area contributed by atoms with Gasteiger partial charge in [0.25, 0.3) is 0 Å². The fraction of sp³-hybridized carbons (Fsp3) is 0.591. The maximum absolute atomic E-state index is 13.1. The molecule has 2 heterocycles. The smallest absolute Gasteiger partial charge is 0.348 e. The molecule has 8 nitrogen and oxygen atoms in total. The van der Waals surface area contributed by atoms with Gasteiger partial charge in [-0.2, -0.15) is 5.26 Å². The molecule has 1 aromatic rings. The minimum atomic E-state index is -0.616. The third-order valence-corrected chi connectivity index (χ3v) is 8.23. The largest absolute Gasteiger partial charge is 0.462 e. The molecular weight excluding hydrogens is 418 g/mol. The number of carbonyl (C=O) groups is 4. The number of ether oxygens (including phenoxy) is 1. The highest BCUT2D eigenvalue weighted by Gasteiger charge is 2.64. The highest BCUT2D eigenvalue weighted by Crippen LogP contribution is 2.60. The molecule has 2 bridgehead atoms. The molecule has 1 aliphatic carbocycles. The summed E-state index contributed by atoms with van der Waals surface area (Å²) in [5.41, 5.74) is -0.358. The van der Waals surface area contributed by atoms with Gasteiger partial charge in [-0.25, -0.2) is 4.79 Å². The molecule has 2 aliphatic rings. The van der Waals surface area contributed by atoms with E-state index in [0.29, 0.717) is 18.4 Å². The predicted molar refractivity (Wildman–Crippen MR) is 114 cm³/mol. The Morgan fingerprint density at radius 2 is 2.00 bits per heavy atom. The van der Waals surface area contributed by atoms with Gasteiger partial charge in [0.15, 0.2) is 0 Å². The van der Waals surface area contributed by atoms with Crippen molar-refractivity contribution in [3.8, 4) is 6.07 Å². The Hall–Kier alpha value is -2.73. The number of thiophene rings is 1. The van der Waals surface area contributed by atoms with Gasteiger partial charge in [-0.15, -0.1) is 11.3 Å². The average molecular weight is 446 g/mol. The summed E-state index contributed by atoms with van der Waals surface area (Å²) in [6.07, 6.45) is 1.25. The summed E-state index contributed by atoms with van der Waals surface area (Å²) in [5, 5.41) is 12.4. The number of amides is 3. The number of nitrogens with zero attached hydrogens (tertiary/aromatic N) is 2. The SMILES string of the molecule is CCOC(=O)c1sc(NC(=O)CCN2C(=O)C3CCC(C)(C2=O)C3(C)C)c(C#N)c1C. The van der Waals surface area contributed by atoms with E-state index < -0.39 is 22.7 Å². The number of piperidine rings is 1. The quantitative estimate of drug-likeness (QED) is 0.531. The van der Waals surface area contributed by atoms with Crippen molar-refractivity contribution in [2.45, 2.75) is 53.9 Å². The Morgan fingerprint density at radius 1 is 1.32 bits per heavy atom. The van der Waals surface area contributed by atoms with Gasteiger partial charge in [0.1, 0.15) is 15.9 Å². The monoisotopic (exact) mass is 445 g/mol. The maximum atomic E-state index is 13.1. The number of fused-ring (bicyclic) bond motifs is 2. The number of carbonyl (C=O) groups excluding carboxylic acids is 4.